The maximum atomic E-state index is 4.75. The van der Waals surface area contributed by atoms with Crippen LogP contribution in [0.5, 0.6) is 0 Å². The molecular formula is C15H19N3. The number of nitrogens with one attached hydrogen (secondary N) is 1. The summed E-state index contributed by atoms with van der Waals surface area (Å²) in [6, 6.07) is 4.06. The molecule has 4 rings (SSSR count). The van der Waals surface area contributed by atoms with E-state index in [1.165, 1.54) is 44.3 Å². The van der Waals surface area contributed by atoms with Crippen molar-refractivity contribution >= 4 is 11.2 Å². The number of aromatic amines is 1. The van der Waals surface area contributed by atoms with Gasteiger partial charge in [0.1, 0.15) is 5.82 Å². The maximum absolute atomic E-state index is 4.75. The first-order chi connectivity index (χ1) is 8.92. The van der Waals surface area contributed by atoms with Crippen LogP contribution in [0.15, 0.2) is 18.3 Å². The lowest BCUT2D eigenvalue weighted by atomic mass is 9.64. The third-order valence-electron chi connectivity index (χ3n) is 4.91. The minimum atomic E-state index is 0.668. The first-order valence-electron chi connectivity index (χ1n) is 7.22. The largest absolute Gasteiger partial charge is 0.340 e. The Kier molecular flexibility index (Phi) is 2.39. The van der Waals surface area contributed by atoms with Crippen LogP contribution >= 0.6 is 0 Å². The van der Waals surface area contributed by atoms with Crippen LogP contribution in [0.1, 0.15) is 50.3 Å². The Labute approximate surface area is 107 Å². The molecule has 2 aliphatic carbocycles. The Balaban J connectivity index is 1.72. The lowest BCUT2D eigenvalue weighted by molar-refractivity contribution is 0.144. The number of rotatable bonds is 3. The van der Waals surface area contributed by atoms with Gasteiger partial charge in [0.2, 0.25) is 0 Å². The second kappa shape index (κ2) is 4.08. The van der Waals surface area contributed by atoms with Crippen molar-refractivity contribution in [1.82, 2.24) is 15.0 Å². The van der Waals surface area contributed by atoms with E-state index in [0.717, 1.165) is 23.0 Å². The molecule has 0 spiro atoms. The molecule has 0 saturated heterocycles. The van der Waals surface area contributed by atoms with Crippen LogP contribution in [0.25, 0.3) is 11.2 Å². The van der Waals surface area contributed by atoms with Crippen LogP contribution < -0.4 is 0 Å². The van der Waals surface area contributed by atoms with E-state index in [-0.39, 0.29) is 0 Å². The average molecular weight is 241 g/mol. The summed E-state index contributed by atoms with van der Waals surface area (Å²) in [7, 11) is 0. The molecule has 0 radical (unpaired) electrons. The van der Waals surface area contributed by atoms with E-state index in [4.69, 9.17) is 4.98 Å². The zero-order chi connectivity index (χ0) is 11.9. The number of fused-ring (bicyclic) bond motifs is 1. The molecule has 3 nitrogen and oxygen atoms in total. The number of hydrogen-bond acceptors (Lipinski definition) is 2. The Morgan fingerprint density at radius 3 is 2.39 bits per heavy atom. The minimum Gasteiger partial charge on any atom is -0.340 e. The molecule has 0 aliphatic heterocycles. The predicted molar refractivity (Wildman–Crippen MR) is 71.3 cm³/mol. The van der Waals surface area contributed by atoms with Gasteiger partial charge >= 0.3 is 0 Å². The Bertz CT molecular complexity index is 505. The van der Waals surface area contributed by atoms with Crippen molar-refractivity contribution in [2.75, 3.05) is 0 Å². The van der Waals surface area contributed by atoms with Crippen molar-refractivity contribution in [2.45, 2.75) is 44.4 Å². The van der Waals surface area contributed by atoms with Crippen LogP contribution in [0, 0.1) is 11.8 Å². The van der Waals surface area contributed by atoms with Crippen molar-refractivity contribution < 1.29 is 0 Å². The minimum absolute atomic E-state index is 0.668. The summed E-state index contributed by atoms with van der Waals surface area (Å²) < 4.78 is 0. The summed E-state index contributed by atoms with van der Waals surface area (Å²) in [4.78, 5) is 12.6. The van der Waals surface area contributed by atoms with Gasteiger partial charge < -0.3 is 4.98 Å². The molecule has 0 aromatic carbocycles. The maximum Gasteiger partial charge on any atom is 0.177 e. The second-order valence-electron chi connectivity index (χ2n) is 5.90. The first kappa shape index (κ1) is 10.5. The average Bonchev–Trinajstić information content (AvgIpc) is 2.66. The van der Waals surface area contributed by atoms with E-state index in [1.54, 1.807) is 0 Å². The molecular weight excluding hydrogens is 222 g/mol. The summed E-state index contributed by atoms with van der Waals surface area (Å²) in [5, 5.41) is 0. The Morgan fingerprint density at radius 1 is 1.11 bits per heavy atom. The monoisotopic (exact) mass is 241 g/mol. The van der Waals surface area contributed by atoms with Gasteiger partial charge in [-0.1, -0.05) is 12.8 Å². The molecule has 3 heteroatoms. The molecule has 2 aliphatic rings. The fourth-order valence-electron chi connectivity index (χ4n) is 3.45. The molecule has 1 N–H and O–H groups in total. The van der Waals surface area contributed by atoms with Crippen LogP contribution in [0.3, 0.4) is 0 Å². The van der Waals surface area contributed by atoms with Crippen molar-refractivity contribution in [1.29, 1.82) is 0 Å². The van der Waals surface area contributed by atoms with Gasteiger partial charge in [-0.3, -0.25) is 0 Å². The normalized spacial score (nSPS) is 21.2. The number of imidazole rings is 1. The highest BCUT2D eigenvalue weighted by molar-refractivity contribution is 5.70. The van der Waals surface area contributed by atoms with E-state index in [2.05, 4.69) is 16.0 Å². The number of hydrogen-bond donors (Lipinski definition) is 1. The van der Waals surface area contributed by atoms with Crippen LogP contribution in [-0.4, -0.2) is 15.0 Å². The van der Waals surface area contributed by atoms with Crippen LogP contribution in [-0.2, 0) is 0 Å². The van der Waals surface area contributed by atoms with Crippen molar-refractivity contribution in [3.8, 4) is 0 Å². The summed E-state index contributed by atoms with van der Waals surface area (Å²) in [6.07, 6.45) is 10.2. The topological polar surface area (TPSA) is 41.6 Å². The smallest absolute Gasteiger partial charge is 0.177 e. The molecule has 0 bridgehead atoms. The number of H-pyrrole nitrogens is 1. The molecule has 2 heterocycles. The van der Waals surface area contributed by atoms with E-state index in [0.29, 0.717) is 5.92 Å². The van der Waals surface area contributed by atoms with Gasteiger partial charge in [0.25, 0.3) is 0 Å². The standard InChI is InChI=1S/C15H19N3/c1-4-10(5-1)13(11-6-2-7-11)15-17-12-8-3-9-16-14(12)18-15/h3,8-11,13H,1-2,4-7H2,(H,16,17,18). The van der Waals surface area contributed by atoms with Gasteiger partial charge in [-0.25, -0.2) is 9.97 Å². The van der Waals surface area contributed by atoms with Crippen LogP contribution in [0.4, 0.5) is 0 Å². The molecule has 94 valence electrons. The summed E-state index contributed by atoms with van der Waals surface area (Å²) in [5.41, 5.74) is 1.98. The molecule has 2 saturated carbocycles. The third-order valence-corrected chi connectivity index (χ3v) is 4.91. The fraction of sp³-hybridized carbons (Fsp3) is 0.600. The Morgan fingerprint density at radius 2 is 1.83 bits per heavy atom. The van der Waals surface area contributed by atoms with Crippen molar-refractivity contribution in [3.63, 3.8) is 0 Å². The Hall–Kier alpha value is -1.38. The number of pyridine rings is 1. The highest BCUT2D eigenvalue weighted by atomic mass is 15.0. The summed E-state index contributed by atoms with van der Waals surface area (Å²) in [6.45, 7) is 0. The van der Waals surface area contributed by atoms with Gasteiger partial charge in [0.05, 0.1) is 5.52 Å². The zero-order valence-corrected chi connectivity index (χ0v) is 10.6. The second-order valence-corrected chi connectivity index (χ2v) is 5.90. The molecule has 18 heavy (non-hydrogen) atoms. The molecule has 0 atom stereocenters. The van der Waals surface area contributed by atoms with Gasteiger partial charge in [0.15, 0.2) is 5.65 Å². The van der Waals surface area contributed by atoms with Crippen molar-refractivity contribution in [2.24, 2.45) is 11.8 Å². The lowest BCUT2D eigenvalue weighted by Crippen LogP contribution is -2.31. The lowest BCUT2D eigenvalue weighted by Gasteiger charge is -2.41. The van der Waals surface area contributed by atoms with Gasteiger partial charge in [-0.15, -0.1) is 0 Å². The van der Waals surface area contributed by atoms with Crippen LogP contribution in [0.2, 0.25) is 0 Å². The van der Waals surface area contributed by atoms with E-state index < -0.39 is 0 Å². The van der Waals surface area contributed by atoms with Gasteiger partial charge in [-0.2, -0.15) is 0 Å². The molecule has 2 aromatic heterocycles. The fourth-order valence-corrected chi connectivity index (χ4v) is 3.45. The predicted octanol–water partition coefficient (Wildman–Crippen LogP) is 3.64. The van der Waals surface area contributed by atoms with Gasteiger partial charge in [-0.05, 0) is 49.7 Å². The molecule has 0 unspecified atom stereocenters. The molecule has 2 aromatic rings. The highest BCUT2D eigenvalue weighted by Crippen LogP contribution is 2.49. The van der Waals surface area contributed by atoms with E-state index in [1.807, 2.05) is 12.3 Å². The molecule has 2 fully saturated rings. The highest BCUT2D eigenvalue weighted by Gasteiger charge is 2.38. The number of nitrogens with zero attached hydrogens (tertiary/aromatic N) is 2. The van der Waals surface area contributed by atoms with E-state index in [9.17, 15) is 0 Å². The van der Waals surface area contributed by atoms with Crippen molar-refractivity contribution in [3.05, 3.63) is 24.2 Å². The SMILES string of the molecule is c1cnc2nc(C(C3CCC3)C3CCC3)[nH]c2c1. The van der Waals surface area contributed by atoms with E-state index >= 15 is 0 Å². The zero-order valence-electron chi connectivity index (χ0n) is 10.6. The first-order valence-corrected chi connectivity index (χ1v) is 7.22. The molecule has 0 amide bonds. The summed E-state index contributed by atoms with van der Waals surface area (Å²) >= 11 is 0. The summed E-state index contributed by atoms with van der Waals surface area (Å²) in [5.74, 6) is 3.62. The third kappa shape index (κ3) is 1.57. The van der Waals surface area contributed by atoms with Gasteiger partial charge in [0, 0.05) is 12.1 Å². The number of aromatic nitrogens is 3. The quantitative estimate of drug-likeness (QED) is 0.891.